The molecule has 2 aromatic rings. The minimum Gasteiger partial charge on any atom is -0.462 e. The highest BCUT2D eigenvalue weighted by Gasteiger charge is 2.29. The van der Waals surface area contributed by atoms with Crippen LogP contribution in [0.25, 0.3) is 0 Å². The number of nitrogens with one attached hydrogen (secondary N) is 1. The number of halogens is 2. The van der Waals surface area contributed by atoms with E-state index in [0.717, 1.165) is 18.2 Å². The van der Waals surface area contributed by atoms with Gasteiger partial charge in [-0.1, -0.05) is 6.07 Å². The number of hydrogen-bond donors (Lipinski definition) is 2. The van der Waals surface area contributed by atoms with Crippen molar-refractivity contribution in [1.29, 1.82) is 0 Å². The summed E-state index contributed by atoms with van der Waals surface area (Å²) in [4.78, 5) is 47.5. The maximum Gasteiger partial charge on any atom is 0.344 e. The lowest BCUT2D eigenvalue weighted by Gasteiger charge is -2.07. The summed E-state index contributed by atoms with van der Waals surface area (Å²) in [6.45, 7) is 1.95. The Morgan fingerprint density at radius 2 is 1.62 bits per heavy atom. The summed E-state index contributed by atoms with van der Waals surface area (Å²) >= 11 is 0. The van der Waals surface area contributed by atoms with Gasteiger partial charge in [0.25, 0.3) is 11.8 Å². The second kappa shape index (κ2) is 8.95. The van der Waals surface area contributed by atoms with Gasteiger partial charge in [0, 0.05) is 0 Å². The maximum absolute atomic E-state index is 13.5. The molecule has 9 nitrogen and oxygen atoms in total. The topological polar surface area (TPSA) is 138 Å². The molecule has 0 atom stereocenters. The first kappa shape index (κ1) is 21.5. The van der Waals surface area contributed by atoms with Crippen LogP contribution in [0.4, 0.5) is 14.7 Å². The van der Waals surface area contributed by atoms with Gasteiger partial charge in [-0.15, -0.1) is 0 Å². The van der Waals surface area contributed by atoms with Gasteiger partial charge < -0.3 is 19.6 Å². The molecule has 29 heavy (non-hydrogen) atoms. The van der Waals surface area contributed by atoms with E-state index in [4.69, 9.17) is 14.9 Å². The van der Waals surface area contributed by atoms with Crippen LogP contribution in [0.15, 0.2) is 22.6 Å². The lowest BCUT2D eigenvalue weighted by Crippen LogP contribution is -2.24. The molecule has 2 rings (SSSR count). The summed E-state index contributed by atoms with van der Waals surface area (Å²) in [7, 11) is 0. The van der Waals surface area contributed by atoms with Crippen molar-refractivity contribution in [1.82, 2.24) is 0 Å². The van der Waals surface area contributed by atoms with E-state index in [1.54, 1.807) is 6.92 Å². The minimum atomic E-state index is -1.41. The molecular formula is C18H16F2N2O7. The third kappa shape index (κ3) is 4.75. The van der Waals surface area contributed by atoms with Gasteiger partial charge in [0.1, 0.15) is 34.1 Å². The predicted molar refractivity (Wildman–Crippen MR) is 93.2 cm³/mol. The molecule has 1 aromatic carbocycles. The SMILES string of the molecule is CCOC(=O)c1c(C)oc(NC(=O)COC(=O)c2c(F)cccc2F)c1C(N)=O. The van der Waals surface area contributed by atoms with E-state index < -0.39 is 59.0 Å². The van der Waals surface area contributed by atoms with E-state index in [0.29, 0.717) is 0 Å². The van der Waals surface area contributed by atoms with Gasteiger partial charge in [-0.3, -0.25) is 14.9 Å². The van der Waals surface area contributed by atoms with E-state index in [-0.39, 0.29) is 17.9 Å². The van der Waals surface area contributed by atoms with E-state index >= 15 is 0 Å². The summed E-state index contributed by atoms with van der Waals surface area (Å²) in [5, 5.41) is 2.11. The molecule has 0 fully saturated rings. The number of hydrogen-bond acceptors (Lipinski definition) is 7. The van der Waals surface area contributed by atoms with Crippen LogP contribution in [0.3, 0.4) is 0 Å². The Bertz CT molecular complexity index is 965. The second-order valence-electron chi connectivity index (χ2n) is 5.54. The molecule has 1 heterocycles. The second-order valence-corrected chi connectivity index (χ2v) is 5.54. The number of nitrogens with two attached hydrogens (primary N) is 1. The van der Waals surface area contributed by atoms with Crippen LogP contribution in [0.2, 0.25) is 0 Å². The molecule has 0 saturated heterocycles. The van der Waals surface area contributed by atoms with Crippen LogP contribution < -0.4 is 11.1 Å². The standard InChI is InChI=1S/C18H16F2N2O7/c1-3-27-17(25)12-8(2)29-16(14(12)15(21)24)22-11(23)7-28-18(26)13-9(19)5-4-6-10(13)20/h4-6H,3,7H2,1-2H3,(H2,21,24)(H,22,23). The normalized spacial score (nSPS) is 10.3. The van der Waals surface area contributed by atoms with Gasteiger partial charge in [0.05, 0.1) is 6.61 Å². The highest BCUT2D eigenvalue weighted by Crippen LogP contribution is 2.27. The highest BCUT2D eigenvalue weighted by atomic mass is 19.1. The summed E-state index contributed by atoms with van der Waals surface area (Å²) in [5.74, 6) is -7.21. The Hall–Kier alpha value is -3.76. The van der Waals surface area contributed by atoms with Crippen LogP contribution >= 0.6 is 0 Å². The van der Waals surface area contributed by atoms with Gasteiger partial charge >= 0.3 is 11.9 Å². The van der Waals surface area contributed by atoms with Crippen LogP contribution in [-0.4, -0.2) is 37.0 Å². The number of amides is 2. The Morgan fingerprint density at radius 3 is 2.17 bits per heavy atom. The number of carbonyl (C=O) groups excluding carboxylic acids is 4. The van der Waals surface area contributed by atoms with E-state index in [2.05, 4.69) is 10.1 Å². The first-order valence-corrected chi connectivity index (χ1v) is 8.18. The number of furan rings is 1. The number of ether oxygens (including phenoxy) is 2. The zero-order valence-corrected chi connectivity index (χ0v) is 15.3. The molecule has 0 radical (unpaired) electrons. The number of primary amides is 1. The Morgan fingerprint density at radius 1 is 1.03 bits per heavy atom. The third-order valence-electron chi connectivity index (χ3n) is 3.56. The van der Waals surface area contributed by atoms with E-state index in [9.17, 15) is 28.0 Å². The molecule has 0 unspecified atom stereocenters. The molecule has 0 aliphatic heterocycles. The lowest BCUT2D eigenvalue weighted by atomic mass is 10.1. The Balaban J connectivity index is 2.15. The van der Waals surface area contributed by atoms with Crippen molar-refractivity contribution in [2.24, 2.45) is 5.73 Å². The van der Waals surface area contributed by atoms with Gasteiger partial charge in [0.15, 0.2) is 6.61 Å². The molecule has 0 spiro atoms. The fourth-order valence-corrected chi connectivity index (χ4v) is 2.38. The predicted octanol–water partition coefficient (Wildman–Crippen LogP) is 1.94. The first-order valence-electron chi connectivity index (χ1n) is 8.18. The maximum atomic E-state index is 13.5. The van der Waals surface area contributed by atoms with Crippen LogP contribution in [-0.2, 0) is 14.3 Å². The first-order chi connectivity index (χ1) is 13.7. The molecule has 0 aliphatic rings. The minimum absolute atomic E-state index is 0.0197. The monoisotopic (exact) mass is 410 g/mol. The van der Waals surface area contributed by atoms with Crippen molar-refractivity contribution in [3.8, 4) is 0 Å². The summed E-state index contributed by atoms with van der Waals surface area (Å²) in [5.41, 5.74) is 3.59. The molecule has 0 bridgehead atoms. The molecule has 3 N–H and O–H groups in total. The molecule has 0 saturated carbocycles. The van der Waals surface area contributed by atoms with Gasteiger partial charge in [-0.25, -0.2) is 18.4 Å². The number of benzene rings is 1. The lowest BCUT2D eigenvalue weighted by molar-refractivity contribution is -0.119. The highest BCUT2D eigenvalue weighted by molar-refractivity contribution is 6.10. The largest absolute Gasteiger partial charge is 0.462 e. The van der Waals surface area contributed by atoms with Crippen molar-refractivity contribution >= 4 is 29.6 Å². The van der Waals surface area contributed by atoms with E-state index in [1.807, 2.05) is 0 Å². The quantitative estimate of drug-likeness (QED) is 0.665. The molecule has 11 heteroatoms. The van der Waals surface area contributed by atoms with Gasteiger partial charge in [-0.05, 0) is 26.0 Å². The van der Waals surface area contributed by atoms with Crippen molar-refractivity contribution in [3.05, 3.63) is 52.3 Å². The zero-order chi connectivity index (χ0) is 21.7. The Labute approximate surface area is 162 Å². The van der Waals surface area contributed by atoms with Crippen LogP contribution in [0.1, 0.15) is 43.8 Å². The number of anilines is 1. The fraction of sp³-hybridized carbons (Fsp3) is 0.222. The van der Waals surface area contributed by atoms with Crippen molar-refractivity contribution in [2.75, 3.05) is 18.5 Å². The number of esters is 2. The molecule has 154 valence electrons. The summed E-state index contributed by atoms with van der Waals surface area (Å²) in [6, 6.07) is 2.75. The fourth-order valence-electron chi connectivity index (χ4n) is 2.38. The van der Waals surface area contributed by atoms with Gasteiger partial charge in [-0.2, -0.15) is 0 Å². The summed E-state index contributed by atoms with van der Waals surface area (Å²) < 4.78 is 41.7. The smallest absolute Gasteiger partial charge is 0.344 e. The molecule has 2 amide bonds. The van der Waals surface area contributed by atoms with Crippen molar-refractivity contribution in [2.45, 2.75) is 13.8 Å². The third-order valence-corrected chi connectivity index (χ3v) is 3.56. The Kier molecular flexibility index (Phi) is 6.65. The number of carbonyl (C=O) groups is 4. The van der Waals surface area contributed by atoms with Crippen molar-refractivity contribution < 1.29 is 41.8 Å². The van der Waals surface area contributed by atoms with Crippen LogP contribution in [0.5, 0.6) is 0 Å². The number of aryl methyl sites for hydroxylation is 1. The van der Waals surface area contributed by atoms with E-state index in [1.165, 1.54) is 6.92 Å². The molecule has 0 aliphatic carbocycles. The summed E-state index contributed by atoms with van der Waals surface area (Å²) in [6.07, 6.45) is 0. The number of rotatable bonds is 7. The molecular weight excluding hydrogens is 394 g/mol. The zero-order valence-electron chi connectivity index (χ0n) is 15.3. The molecule has 1 aromatic heterocycles. The average molecular weight is 410 g/mol. The van der Waals surface area contributed by atoms with Crippen molar-refractivity contribution in [3.63, 3.8) is 0 Å². The van der Waals surface area contributed by atoms with Gasteiger partial charge in [0.2, 0.25) is 5.88 Å². The average Bonchev–Trinajstić information content (AvgIpc) is 2.96. The van der Waals surface area contributed by atoms with Crippen LogP contribution in [0, 0.1) is 18.6 Å².